The number of para-hydroxylation sites is 2. The van der Waals surface area contributed by atoms with Crippen molar-refractivity contribution in [1.82, 2.24) is 9.97 Å². The van der Waals surface area contributed by atoms with Gasteiger partial charge in [-0.1, -0.05) is 12.1 Å². The Morgan fingerprint density at radius 2 is 2.21 bits per heavy atom. The molecule has 96 valence electrons. The number of carboxylic acids is 1. The Hall–Kier alpha value is -1.86. The third-order valence-electron chi connectivity index (χ3n) is 2.31. The van der Waals surface area contributed by atoms with Crippen LogP contribution in [0.3, 0.4) is 0 Å². The van der Waals surface area contributed by atoms with E-state index in [1.165, 1.54) is 23.1 Å². The van der Waals surface area contributed by atoms with Gasteiger partial charge in [-0.15, -0.1) is 11.3 Å². The number of hydrogen-bond acceptors (Lipinski definition) is 6. The van der Waals surface area contributed by atoms with Crippen LogP contribution in [-0.4, -0.2) is 21.0 Å². The summed E-state index contributed by atoms with van der Waals surface area (Å²) in [4.78, 5) is 19.1. The van der Waals surface area contributed by atoms with Gasteiger partial charge in [-0.25, -0.2) is 9.97 Å². The van der Waals surface area contributed by atoms with Gasteiger partial charge < -0.3 is 9.52 Å². The highest BCUT2D eigenvalue weighted by molar-refractivity contribution is 8.00. The second-order valence-electron chi connectivity index (χ2n) is 3.72. The van der Waals surface area contributed by atoms with Crippen molar-refractivity contribution in [1.29, 1.82) is 0 Å². The molecule has 0 saturated carbocycles. The molecular weight excluding hydrogens is 284 g/mol. The van der Waals surface area contributed by atoms with Crippen LogP contribution in [0.15, 0.2) is 43.6 Å². The molecule has 1 N–H and O–H groups in total. The minimum absolute atomic E-state index is 0.0649. The molecule has 3 rings (SSSR count). The van der Waals surface area contributed by atoms with Crippen LogP contribution in [0.1, 0.15) is 5.69 Å². The van der Waals surface area contributed by atoms with Gasteiger partial charge in [-0.3, -0.25) is 4.79 Å². The molecule has 19 heavy (non-hydrogen) atoms. The van der Waals surface area contributed by atoms with Crippen LogP contribution in [0.25, 0.3) is 11.1 Å². The molecule has 0 radical (unpaired) electrons. The molecular formula is C12H8N2O3S2. The van der Waals surface area contributed by atoms with E-state index in [0.717, 1.165) is 15.4 Å². The Bertz CT molecular complexity index is 702. The second-order valence-corrected chi connectivity index (χ2v) is 5.78. The molecule has 0 bridgehead atoms. The Kier molecular flexibility index (Phi) is 3.22. The van der Waals surface area contributed by atoms with E-state index in [4.69, 9.17) is 9.52 Å². The first-order valence-electron chi connectivity index (χ1n) is 5.40. The molecule has 0 aliphatic rings. The topological polar surface area (TPSA) is 76.2 Å². The van der Waals surface area contributed by atoms with E-state index in [-0.39, 0.29) is 6.42 Å². The highest BCUT2D eigenvalue weighted by Gasteiger charge is 2.11. The predicted octanol–water partition coefficient (Wildman–Crippen LogP) is 3.06. The summed E-state index contributed by atoms with van der Waals surface area (Å²) in [6.07, 6.45) is -0.0649. The quantitative estimate of drug-likeness (QED) is 0.796. The number of oxazole rings is 1. The van der Waals surface area contributed by atoms with Crippen molar-refractivity contribution in [3.63, 3.8) is 0 Å². The van der Waals surface area contributed by atoms with E-state index >= 15 is 0 Å². The van der Waals surface area contributed by atoms with Crippen molar-refractivity contribution < 1.29 is 14.3 Å². The standard InChI is InChI=1S/C12H8N2O3S2/c15-10(16)5-7-6-18-12(13-7)19-11-14-8-3-1-2-4-9(8)17-11/h1-4,6H,5H2,(H,15,16). The lowest BCUT2D eigenvalue weighted by atomic mass is 10.3. The van der Waals surface area contributed by atoms with Crippen LogP contribution >= 0.6 is 23.1 Å². The SMILES string of the molecule is O=C(O)Cc1csc(Sc2nc3ccccc3o2)n1. The maximum atomic E-state index is 10.6. The predicted molar refractivity (Wildman–Crippen MR) is 71.6 cm³/mol. The number of aromatic nitrogens is 2. The van der Waals surface area contributed by atoms with Crippen LogP contribution in [0.4, 0.5) is 0 Å². The van der Waals surface area contributed by atoms with E-state index in [0.29, 0.717) is 10.9 Å². The average Bonchev–Trinajstić information content (AvgIpc) is 2.94. The number of carboxylic acid groups (broad SMARTS) is 1. The van der Waals surface area contributed by atoms with Crippen molar-refractivity contribution >= 4 is 40.2 Å². The molecule has 0 atom stereocenters. The fourth-order valence-corrected chi connectivity index (χ4v) is 3.22. The number of aliphatic carboxylic acids is 1. The van der Waals surface area contributed by atoms with Crippen molar-refractivity contribution in [3.05, 3.63) is 35.3 Å². The molecule has 2 heterocycles. The van der Waals surface area contributed by atoms with Gasteiger partial charge in [0.1, 0.15) is 5.52 Å². The molecule has 5 nitrogen and oxygen atoms in total. The van der Waals surface area contributed by atoms with Gasteiger partial charge >= 0.3 is 5.97 Å². The van der Waals surface area contributed by atoms with Crippen molar-refractivity contribution in [2.24, 2.45) is 0 Å². The number of carbonyl (C=O) groups is 1. The first-order chi connectivity index (χ1) is 9.20. The molecule has 0 amide bonds. The van der Waals surface area contributed by atoms with E-state index in [2.05, 4.69) is 9.97 Å². The zero-order valence-corrected chi connectivity index (χ0v) is 11.2. The van der Waals surface area contributed by atoms with Gasteiger partial charge in [0.05, 0.1) is 12.1 Å². The summed E-state index contributed by atoms with van der Waals surface area (Å²) < 4.78 is 6.29. The fourth-order valence-electron chi connectivity index (χ4n) is 1.54. The molecule has 0 aliphatic carbocycles. The maximum absolute atomic E-state index is 10.6. The Balaban J connectivity index is 1.80. The summed E-state index contributed by atoms with van der Waals surface area (Å²) in [5, 5.41) is 10.9. The summed E-state index contributed by atoms with van der Waals surface area (Å²) in [5.74, 6) is -0.885. The Morgan fingerprint density at radius 1 is 1.37 bits per heavy atom. The normalized spacial score (nSPS) is 10.9. The van der Waals surface area contributed by atoms with Gasteiger partial charge in [0.15, 0.2) is 9.92 Å². The highest BCUT2D eigenvalue weighted by atomic mass is 32.2. The van der Waals surface area contributed by atoms with Crippen molar-refractivity contribution in [3.8, 4) is 0 Å². The number of thiazole rings is 1. The minimum atomic E-state index is -0.885. The lowest BCUT2D eigenvalue weighted by Crippen LogP contribution is -1.99. The molecule has 3 aromatic rings. The number of hydrogen-bond donors (Lipinski definition) is 1. The number of benzene rings is 1. The van der Waals surface area contributed by atoms with Gasteiger partial charge in [0, 0.05) is 17.1 Å². The van der Waals surface area contributed by atoms with Crippen LogP contribution in [-0.2, 0) is 11.2 Å². The number of rotatable bonds is 4. The maximum Gasteiger partial charge on any atom is 0.309 e. The molecule has 2 aromatic heterocycles. The van der Waals surface area contributed by atoms with Gasteiger partial charge in [0.25, 0.3) is 5.22 Å². The summed E-state index contributed by atoms with van der Waals surface area (Å²) >= 11 is 2.68. The average molecular weight is 292 g/mol. The van der Waals surface area contributed by atoms with Gasteiger partial charge in [-0.2, -0.15) is 0 Å². The number of fused-ring (bicyclic) bond motifs is 1. The zero-order valence-electron chi connectivity index (χ0n) is 9.57. The molecule has 0 spiro atoms. The van der Waals surface area contributed by atoms with Crippen LogP contribution < -0.4 is 0 Å². The summed E-state index contributed by atoms with van der Waals surface area (Å²) in [7, 11) is 0. The third-order valence-corrected chi connectivity index (χ3v) is 4.15. The molecule has 0 aliphatic heterocycles. The highest BCUT2D eigenvalue weighted by Crippen LogP contribution is 2.31. The Morgan fingerprint density at radius 3 is 3.00 bits per heavy atom. The molecule has 0 fully saturated rings. The van der Waals surface area contributed by atoms with Crippen LogP contribution in [0.5, 0.6) is 0 Å². The lowest BCUT2D eigenvalue weighted by Gasteiger charge is -1.89. The Labute approximate surface area is 116 Å². The van der Waals surface area contributed by atoms with Crippen molar-refractivity contribution in [2.45, 2.75) is 16.0 Å². The van der Waals surface area contributed by atoms with E-state index < -0.39 is 5.97 Å². The van der Waals surface area contributed by atoms with Gasteiger partial charge in [-0.05, 0) is 12.1 Å². The van der Waals surface area contributed by atoms with E-state index in [1.54, 1.807) is 5.38 Å². The monoisotopic (exact) mass is 292 g/mol. The minimum Gasteiger partial charge on any atom is -0.481 e. The third kappa shape index (κ3) is 2.77. The second kappa shape index (κ2) is 5.02. The van der Waals surface area contributed by atoms with Crippen LogP contribution in [0, 0.1) is 0 Å². The molecule has 0 saturated heterocycles. The summed E-state index contributed by atoms with van der Waals surface area (Å²) in [5.41, 5.74) is 2.08. The van der Waals surface area contributed by atoms with E-state index in [1.807, 2.05) is 24.3 Å². The largest absolute Gasteiger partial charge is 0.481 e. The summed E-state index contributed by atoms with van der Waals surface area (Å²) in [6.45, 7) is 0. The zero-order chi connectivity index (χ0) is 13.2. The summed E-state index contributed by atoms with van der Waals surface area (Å²) in [6, 6.07) is 7.51. The first-order valence-corrected chi connectivity index (χ1v) is 7.10. The van der Waals surface area contributed by atoms with Crippen molar-refractivity contribution in [2.75, 3.05) is 0 Å². The van der Waals surface area contributed by atoms with Gasteiger partial charge in [0.2, 0.25) is 0 Å². The molecule has 0 unspecified atom stereocenters. The molecule has 7 heteroatoms. The van der Waals surface area contributed by atoms with Crippen LogP contribution in [0.2, 0.25) is 0 Å². The molecule has 1 aromatic carbocycles. The van der Waals surface area contributed by atoms with E-state index in [9.17, 15) is 4.79 Å². The first kappa shape index (κ1) is 12.2. The smallest absolute Gasteiger partial charge is 0.309 e. The number of nitrogens with zero attached hydrogens (tertiary/aromatic N) is 2. The lowest BCUT2D eigenvalue weighted by molar-refractivity contribution is -0.136. The fraction of sp³-hybridized carbons (Fsp3) is 0.0833.